The number of amides is 2. The Morgan fingerprint density at radius 2 is 1.74 bits per heavy atom. The summed E-state index contributed by atoms with van der Waals surface area (Å²) in [5.41, 5.74) is 0.337. The van der Waals surface area contributed by atoms with Gasteiger partial charge in [-0.2, -0.15) is 0 Å². The highest BCUT2D eigenvalue weighted by atomic mass is 35.5. The van der Waals surface area contributed by atoms with E-state index in [1.54, 1.807) is 0 Å². The first-order chi connectivity index (χ1) is 13.0. The van der Waals surface area contributed by atoms with Crippen LogP contribution in [0.1, 0.15) is 32.6 Å². The van der Waals surface area contributed by atoms with Crippen LogP contribution in [-0.4, -0.2) is 60.9 Å². The fourth-order valence-electron chi connectivity index (χ4n) is 4.46. The van der Waals surface area contributed by atoms with E-state index in [9.17, 15) is 9.59 Å². The Balaban J connectivity index is 1.38. The van der Waals surface area contributed by atoms with Gasteiger partial charge in [-0.25, -0.2) is 0 Å². The van der Waals surface area contributed by atoms with E-state index < -0.39 is 5.41 Å². The molecule has 2 saturated heterocycles. The molecule has 1 saturated carbocycles. The van der Waals surface area contributed by atoms with Gasteiger partial charge in [0.15, 0.2) is 0 Å². The molecule has 2 heterocycles. The van der Waals surface area contributed by atoms with Crippen LogP contribution in [-0.2, 0) is 9.59 Å². The lowest BCUT2D eigenvalue weighted by Gasteiger charge is -2.39. The topological polar surface area (TPSA) is 43.9 Å². The van der Waals surface area contributed by atoms with Crippen molar-refractivity contribution >= 4 is 29.1 Å². The van der Waals surface area contributed by atoms with Crippen LogP contribution < -0.4 is 4.90 Å². The van der Waals surface area contributed by atoms with Crippen molar-refractivity contribution in [3.63, 3.8) is 0 Å². The molecule has 1 unspecified atom stereocenters. The van der Waals surface area contributed by atoms with Gasteiger partial charge in [-0.3, -0.25) is 9.59 Å². The van der Waals surface area contributed by atoms with Crippen molar-refractivity contribution in [2.24, 2.45) is 11.3 Å². The first-order valence-corrected chi connectivity index (χ1v) is 10.5. The molecule has 5 nitrogen and oxygen atoms in total. The Labute approximate surface area is 166 Å². The van der Waals surface area contributed by atoms with Gasteiger partial charge in [0, 0.05) is 50.0 Å². The Morgan fingerprint density at radius 3 is 2.37 bits per heavy atom. The number of hydrogen-bond donors (Lipinski definition) is 0. The van der Waals surface area contributed by atoms with Crippen molar-refractivity contribution in [3.05, 3.63) is 29.3 Å². The van der Waals surface area contributed by atoms with Crippen molar-refractivity contribution < 1.29 is 9.59 Å². The van der Waals surface area contributed by atoms with E-state index in [1.807, 2.05) is 34.1 Å². The number of anilines is 1. The zero-order valence-corrected chi connectivity index (χ0v) is 16.7. The monoisotopic (exact) mass is 389 g/mol. The number of piperazine rings is 1. The molecular formula is C21H28ClN3O2. The van der Waals surface area contributed by atoms with E-state index in [4.69, 9.17) is 11.6 Å². The summed E-state index contributed by atoms with van der Waals surface area (Å²) >= 11 is 6.10. The van der Waals surface area contributed by atoms with Gasteiger partial charge in [0.2, 0.25) is 11.8 Å². The molecule has 2 amide bonds. The van der Waals surface area contributed by atoms with Crippen LogP contribution in [0.25, 0.3) is 0 Å². The lowest BCUT2D eigenvalue weighted by atomic mass is 9.96. The van der Waals surface area contributed by atoms with E-state index in [1.165, 1.54) is 6.42 Å². The highest BCUT2D eigenvalue weighted by molar-refractivity contribution is 6.30. The smallest absolute Gasteiger partial charge is 0.238 e. The zero-order valence-electron chi connectivity index (χ0n) is 16.0. The van der Waals surface area contributed by atoms with Gasteiger partial charge < -0.3 is 14.7 Å². The normalized spacial score (nSPS) is 24.7. The molecule has 1 aliphatic carbocycles. The summed E-state index contributed by atoms with van der Waals surface area (Å²) in [6, 6.07) is 7.83. The Kier molecular flexibility index (Phi) is 5.06. The SMILES string of the molecule is CC1CCCN(C(=O)C2(C(=O)N3CCN(c4cccc(Cl)c4)CC3)CC2)C1. The van der Waals surface area contributed by atoms with E-state index >= 15 is 0 Å². The summed E-state index contributed by atoms with van der Waals surface area (Å²) in [5.74, 6) is 0.669. The molecular weight excluding hydrogens is 362 g/mol. The van der Waals surface area contributed by atoms with Crippen molar-refractivity contribution in [1.82, 2.24) is 9.80 Å². The summed E-state index contributed by atoms with van der Waals surface area (Å²) in [7, 11) is 0. The molecule has 0 aromatic heterocycles. The molecule has 1 atom stereocenters. The predicted octanol–water partition coefficient (Wildman–Crippen LogP) is 3.03. The van der Waals surface area contributed by atoms with Crippen molar-refractivity contribution in [3.8, 4) is 0 Å². The molecule has 3 fully saturated rings. The standard InChI is InChI=1S/C21H28ClN3O2/c1-16-4-3-9-25(15-16)20(27)21(7-8-21)19(26)24-12-10-23(11-13-24)18-6-2-5-17(22)14-18/h2,5-6,14,16H,3-4,7-13,15H2,1H3. The zero-order chi connectivity index (χ0) is 19.0. The Bertz CT molecular complexity index is 726. The van der Waals surface area contributed by atoms with Gasteiger partial charge in [0.05, 0.1) is 0 Å². The largest absolute Gasteiger partial charge is 0.368 e. The first-order valence-electron chi connectivity index (χ1n) is 10.1. The van der Waals surface area contributed by atoms with Gasteiger partial charge in [0.25, 0.3) is 0 Å². The predicted molar refractivity (Wildman–Crippen MR) is 107 cm³/mol. The second-order valence-corrected chi connectivity index (χ2v) is 8.78. The maximum absolute atomic E-state index is 13.2. The lowest BCUT2D eigenvalue weighted by molar-refractivity contribution is -0.150. The van der Waals surface area contributed by atoms with Crippen LogP contribution in [0.2, 0.25) is 5.02 Å². The minimum absolute atomic E-state index is 0.0523. The number of rotatable bonds is 3. The van der Waals surface area contributed by atoms with Gasteiger partial charge >= 0.3 is 0 Å². The molecule has 0 spiro atoms. The van der Waals surface area contributed by atoms with Gasteiger partial charge in [0.1, 0.15) is 5.41 Å². The molecule has 0 bridgehead atoms. The molecule has 1 aromatic carbocycles. The number of hydrogen-bond acceptors (Lipinski definition) is 3. The van der Waals surface area contributed by atoms with E-state index in [0.717, 1.165) is 43.3 Å². The average Bonchev–Trinajstić information content (AvgIpc) is 3.49. The van der Waals surface area contributed by atoms with E-state index in [-0.39, 0.29) is 11.8 Å². The highest BCUT2D eigenvalue weighted by Gasteiger charge is 2.59. The Hall–Kier alpha value is -1.75. The summed E-state index contributed by atoms with van der Waals surface area (Å²) in [6.45, 7) is 6.68. The quantitative estimate of drug-likeness (QED) is 0.746. The molecule has 146 valence electrons. The molecule has 27 heavy (non-hydrogen) atoms. The van der Waals surface area contributed by atoms with Crippen molar-refractivity contribution in [1.29, 1.82) is 0 Å². The van der Waals surface area contributed by atoms with E-state index in [2.05, 4.69) is 11.8 Å². The van der Waals surface area contributed by atoms with Crippen LogP contribution in [0.3, 0.4) is 0 Å². The molecule has 1 aromatic rings. The number of likely N-dealkylation sites (tertiary alicyclic amines) is 1. The first kappa shape index (κ1) is 18.6. The number of nitrogens with zero attached hydrogens (tertiary/aromatic N) is 3. The maximum Gasteiger partial charge on any atom is 0.238 e. The highest BCUT2D eigenvalue weighted by Crippen LogP contribution is 2.49. The fourth-order valence-corrected chi connectivity index (χ4v) is 4.65. The molecule has 3 aliphatic rings. The maximum atomic E-state index is 13.2. The third-order valence-electron chi connectivity index (χ3n) is 6.25. The molecule has 2 aliphatic heterocycles. The fraction of sp³-hybridized carbons (Fsp3) is 0.619. The minimum atomic E-state index is -0.755. The van der Waals surface area contributed by atoms with Gasteiger partial charge in [-0.15, -0.1) is 0 Å². The van der Waals surface area contributed by atoms with Crippen molar-refractivity contribution in [2.45, 2.75) is 32.6 Å². The van der Waals surface area contributed by atoms with Crippen LogP contribution in [0.4, 0.5) is 5.69 Å². The number of halogens is 1. The Morgan fingerprint density at radius 1 is 1.04 bits per heavy atom. The van der Waals surface area contributed by atoms with Crippen molar-refractivity contribution in [2.75, 3.05) is 44.2 Å². The summed E-state index contributed by atoms with van der Waals surface area (Å²) in [6.07, 6.45) is 3.65. The second kappa shape index (κ2) is 7.34. The summed E-state index contributed by atoms with van der Waals surface area (Å²) in [4.78, 5) is 32.4. The number of benzene rings is 1. The second-order valence-electron chi connectivity index (χ2n) is 8.34. The van der Waals surface area contributed by atoms with Crippen LogP contribution in [0.5, 0.6) is 0 Å². The van der Waals surface area contributed by atoms with Crippen LogP contribution in [0, 0.1) is 11.3 Å². The molecule has 0 N–H and O–H groups in total. The van der Waals surface area contributed by atoms with E-state index in [0.29, 0.717) is 31.8 Å². The number of carbonyl (C=O) groups excluding carboxylic acids is 2. The third kappa shape index (κ3) is 3.66. The van der Waals surface area contributed by atoms with Crippen LogP contribution >= 0.6 is 11.6 Å². The molecule has 6 heteroatoms. The summed E-state index contributed by atoms with van der Waals surface area (Å²) in [5, 5.41) is 0.726. The van der Waals surface area contributed by atoms with Crippen LogP contribution in [0.15, 0.2) is 24.3 Å². The third-order valence-corrected chi connectivity index (χ3v) is 6.49. The number of piperidine rings is 1. The molecule has 0 radical (unpaired) electrons. The minimum Gasteiger partial charge on any atom is -0.368 e. The molecule has 4 rings (SSSR count). The van der Waals surface area contributed by atoms with Gasteiger partial charge in [-0.05, 0) is 49.8 Å². The average molecular weight is 390 g/mol. The number of carbonyl (C=O) groups is 2. The summed E-state index contributed by atoms with van der Waals surface area (Å²) < 4.78 is 0. The lowest BCUT2D eigenvalue weighted by Crippen LogP contribution is -2.54. The van der Waals surface area contributed by atoms with Gasteiger partial charge in [-0.1, -0.05) is 24.6 Å².